The molecule has 14 heavy (non-hydrogen) atoms. The maximum absolute atomic E-state index is 4.37. The lowest BCUT2D eigenvalue weighted by atomic mass is 10.2. The zero-order chi connectivity index (χ0) is 10.1. The van der Waals surface area contributed by atoms with Gasteiger partial charge in [0.2, 0.25) is 0 Å². The molecule has 1 aromatic carbocycles. The first kappa shape index (κ1) is 9.71. The number of halogens is 1. The molecule has 0 unspecified atom stereocenters. The molecular weight excluding hydrogens is 240 g/mol. The number of rotatable bonds is 2. The van der Waals surface area contributed by atoms with E-state index in [-0.39, 0.29) is 0 Å². The monoisotopic (exact) mass is 252 g/mol. The number of benzene rings is 1. The Bertz CT molecular complexity index is 445. The standard InChI is InChI=1S/C11H13BrN2/c1-8(2)6-14-7-13-10-5-9(12)3-4-11(10)14/h3-5,7-8H,6H2,1-2H3. The number of nitrogens with zero attached hydrogens (tertiary/aromatic N) is 2. The van der Waals surface area contributed by atoms with Crippen LogP contribution < -0.4 is 0 Å². The number of hydrogen-bond acceptors (Lipinski definition) is 1. The van der Waals surface area contributed by atoms with Crippen LogP contribution in [0.15, 0.2) is 29.0 Å². The second kappa shape index (κ2) is 3.73. The van der Waals surface area contributed by atoms with E-state index in [0.29, 0.717) is 5.92 Å². The zero-order valence-electron chi connectivity index (χ0n) is 8.37. The lowest BCUT2D eigenvalue weighted by molar-refractivity contribution is 0.533. The second-order valence-corrected chi connectivity index (χ2v) is 4.84. The minimum Gasteiger partial charge on any atom is -0.330 e. The summed E-state index contributed by atoms with van der Waals surface area (Å²) in [7, 11) is 0. The van der Waals surface area contributed by atoms with Gasteiger partial charge in [-0.2, -0.15) is 0 Å². The van der Waals surface area contributed by atoms with Crippen molar-refractivity contribution in [3.63, 3.8) is 0 Å². The summed E-state index contributed by atoms with van der Waals surface area (Å²) >= 11 is 3.44. The molecule has 0 fully saturated rings. The van der Waals surface area contributed by atoms with Gasteiger partial charge in [-0.3, -0.25) is 0 Å². The van der Waals surface area contributed by atoms with E-state index in [9.17, 15) is 0 Å². The molecule has 0 N–H and O–H groups in total. The average molecular weight is 253 g/mol. The average Bonchev–Trinajstić information content (AvgIpc) is 2.47. The third-order valence-electron chi connectivity index (χ3n) is 2.14. The molecule has 0 saturated heterocycles. The quantitative estimate of drug-likeness (QED) is 0.801. The van der Waals surface area contributed by atoms with Crippen molar-refractivity contribution in [3.05, 3.63) is 29.0 Å². The van der Waals surface area contributed by atoms with E-state index in [1.54, 1.807) is 0 Å². The highest BCUT2D eigenvalue weighted by Gasteiger charge is 2.03. The van der Waals surface area contributed by atoms with Crippen molar-refractivity contribution in [2.45, 2.75) is 20.4 Å². The number of hydrogen-bond donors (Lipinski definition) is 0. The summed E-state index contributed by atoms with van der Waals surface area (Å²) in [5.41, 5.74) is 2.27. The van der Waals surface area contributed by atoms with Gasteiger partial charge in [-0.1, -0.05) is 29.8 Å². The molecule has 0 saturated carbocycles. The zero-order valence-corrected chi connectivity index (χ0v) is 9.95. The van der Waals surface area contributed by atoms with Crippen LogP contribution in [0.2, 0.25) is 0 Å². The maximum atomic E-state index is 4.37. The normalized spacial score (nSPS) is 11.4. The van der Waals surface area contributed by atoms with Crippen LogP contribution >= 0.6 is 15.9 Å². The van der Waals surface area contributed by atoms with Crippen LogP contribution in [0.25, 0.3) is 11.0 Å². The Morgan fingerprint density at radius 3 is 2.93 bits per heavy atom. The van der Waals surface area contributed by atoms with Gasteiger partial charge in [0.25, 0.3) is 0 Å². The summed E-state index contributed by atoms with van der Waals surface area (Å²) in [5, 5.41) is 0. The van der Waals surface area contributed by atoms with Gasteiger partial charge in [0.05, 0.1) is 17.4 Å². The largest absolute Gasteiger partial charge is 0.330 e. The maximum Gasteiger partial charge on any atom is 0.0958 e. The number of imidazole rings is 1. The van der Waals surface area contributed by atoms with Gasteiger partial charge >= 0.3 is 0 Å². The highest BCUT2D eigenvalue weighted by Crippen LogP contribution is 2.19. The molecule has 1 aromatic heterocycles. The summed E-state index contributed by atoms with van der Waals surface area (Å²) in [6.45, 7) is 5.45. The van der Waals surface area contributed by atoms with Crippen molar-refractivity contribution in [3.8, 4) is 0 Å². The smallest absolute Gasteiger partial charge is 0.0958 e. The third kappa shape index (κ3) is 1.82. The van der Waals surface area contributed by atoms with E-state index in [1.807, 2.05) is 12.4 Å². The summed E-state index contributed by atoms with van der Waals surface area (Å²) < 4.78 is 3.28. The summed E-state index contributed by atoms with van der Waals surface area (Å²) in [6, 6.07) is 6.21. The van der Waals surface area contributed by atoms with Crippen molar-refractivity contribution >= 4 is 27.0 Å². The van der Waals surface area contributed by atoms with Crippen LogP contribution in [0.5, 0.6) is 0 Å². The fourth-order valence-electron chi connectivity index (χ4n) is 1.58. The summed E-state index contributed by atoms with van der Waals surface area (Å²) in [6.07, 6.45) is 1.91. The molecule has 0 bridgehead atoms. The van der Waals surface area contributed by atoms with Crippen molar-refractivity contribution in [2.75, 3.05) is 0 Å². The molecule has 1 heterocycles. The van der Waals surface area contributed by atoms with Crippen LogP contribution in [0.3, 0.4) is 0 Å². The molecule has 0 aliphatic rings. The van der Waals surface area contributed by atoms with E-state index >= 15 is 0 Å². The lowest BCUT2D eigenvalue weighted by Crippen LogP contribution is -2.02. The van der Waals surface area contributed by atoms with Crippen LogP contribution in [0.1, 0.15) is 13.8 Å². The van der Waals surface area contributed by atoms with Gasteiger partial charge in [0.15, 0.2) is 0 Å². The third-order valence-corrected chi connectivity index (χ3v) is 2.64. The van der Waals surface area contributed by atoms with E-state index < -0.39 is 0 Å². The fraction of sp³-hybridized carbons (Fsp3) is 0.364. The SMILES string of the molecule is CC(C)Cn1cnc2cc(Br)ccc21. The molecule has 0 aliphatic carbocycles. The van der Waals surface area contributed by atoms with Gasteiger partial charge in [-0.15, -0.1) is 0 Å². The Morgan fingerprint density at radius 2 is 2.21 bits per heavy atom. The molecule has 0 aliphatic heterocycles. The minimum absolute atomic E-state index is 0.649. The van der Waals surface area contributed by atoms with Crippen LogP contribution in [-0.4, -0.2) is 9.55 Å². The Morgan fingerprint density at radius 1 is 1.43 bits per heavy atom. The fourth-order valence-corrected chi connectivity index (χ4v) is 1.92. The van der Waals surface area contributed by atoms with Crippen molar-refractivity contribution in [1.29, 1.82) is 0 Å². The van der Waals surface area contributed by atoms with E-state index in [1.165, 1.54) is 5.52 Å². The van der Waals surface area contributed by atoms with E-state index in [2.05, 4.69) is 51.5 Å². The van der Waals surface area contributed by atoms with Gasteiger partial charge in [0, 0.05) is 11.0 Å². The highest BCUT2D eigenvalue weighted by atomic mass is 79.9. The first-order valence-electron chi connectivity index (χ1n) is 4.77. The molecule has 0 radical (unpaired) electrons. The first-order valence-corrected chi connectivity index (χ1v) is 5.56. The van der Waals surface area contributed by atoms with Gasteiger partial charge in [-0.25, -0.2) is 4.98 Å². The van der Waals surface area contributed by atoms with Crippen LogP contribution in [0, 0.1) is 5.92 Å². The Kier molecular flexibility index (Phi) is 2.59. The second-order valence-electron chi connectivity index (χ2n) is 3.92. The predicted octanol–water partition coefficient (Wildman–Crippen LogP) is 3.45. The van der Waals surface area contributed by atoms with Gasteiger partial charge in [-0.05, 0) is 24.1 Å². The molecule has 2 aromatic rings. The first-order chi connectivity index (χ1) is 6.66. The molecular formula is C11H13BrN2. The van der Waals surface area contributed by atoms with Gasteiger partial charge in [0.1, 0.15) is 0 Å². The molecule has 0 atom stereocenters. The highest BCUT2D eigenvalue weighted by molar-refractivity contribution is 9.10. The molecule has 74 valence electrons. The molecule has 0 spiro atoms. The summed E-state index contributed by atoms with van der Waals surface area (Å²) in [5.74, 6) is 0.649. The predicted molar refractivity (Wildman–Crippen MR) is 62.3 cm³/mol. The number of fused-ring (bicyclic) bond motifs is 1. The Balaban J connectivity index is 2.47. The van der Waals surface area contributed by atoms with Crippen molar-refractivity contribution < 1.29 is 0 Å². The Labute approximate surface area is 92.1 Å². The summed E-state index contributed by atoms with van der Waals surface area (Å²) in [4.78, 5) is 4.37. The van der Waals surface area contributed by atoms with E-state index in [0.717, 1.165) is 16.5 Å². The minimum atomic E-state index is 0.649. The topological polar surface area (TPSA) is 17.8 Å². The van der Waals surface area contributed by atoms with Crippen molar-refractivity contribution in [1.82, 2.24) is 9.55 Å². The molecule has 2 rings (SSSR count). The molecule has 3 heteroatoms. The number of aromatic nitrogens is 2. The molecule has 0 amide bonds. The van der Waals surface area contributed by atoms with Crippen LogP contribution in [0.4, 0.5) is 0 Å². The van der Waals surface area contributed by atoms with Crippen LogP contribution in [-0.2, 0) is 6.54 Å². The van der Waals surface area contributed by atoms with Gasteiger partial charge < -0.3 is 4.57 Å². The molecule has 2 nitrogen and oxygen atoms in total. The lowest BCUT2D eigenvalue weighted by Gasteiger charge is -2.06. The van der Waals surface area contributed by atoms with E-state index in [4.69, 9.17) is 0 Å². The van der Waals surface area contributed by atoms with Crippen molar-refractivity contribution in [2.24, 2.45) is 5.92 Å². The Hall–Kier alpha value is -0.830.